The van der Waals surface area contributed by atoms with Crippen molar-refractivity contribution in [3.05, 3.63) is 41.9 Å². The third-order valence-electron chi connectivity index (χ3n) is 5.03. The molecule has 3 aromatic rings. The summed E-state index contributed by atoms with van der Waals surface area (Å²) in [5, 5.41) is 6.48. The molecular formula is C20H18F6N6O2. The normalized spacial score (nSPS) is 15.4. The molecule has 4 rings (SSSR count). The van der Waals surface area contributed by atoms with E-state index < -0.39 is 30.4 Å². The summed E-state index contributed by atoms with van der Waals surface area (Å²) in [7, 11) is 0. The van der Waals surface area contributed by atoms with Gasteiger partial charge in [0.25, 0.3) is 5.91 Å². The molecule has 34 heavy (non-hydrogen) atoms. The monoisotopic (exact) mass is 488 g/mol. The summed E-state index contributed by atoms with van der Waals surface area (Å²) in [5.74, 6) is -0.917. The highest BCUT2D eigenvalue weighted by atomic mass is 19.4. The number of anilines is 2. The van der Waals surface area contributed by atoms with Gasteiger partial charge in [-0.15, -0.1) is 0 Å². The second-order valence-electron chi connectivity index (χ2n) is 7.52. The molecule has 4 heterocycles. The van der Waals surface area contributed by atoms with Crippen molar-refractivity contribution in [3.8, 4) is 0 Å². The molecule has 1 fully saturated rings. The largest absolute Gasteiger partial charge is 0.416 e. The Morgan fingerprint density at radius 1 is 1.09 bits per heavy atom. The van der Waals surface area contributed by atoms with E-state index in [-0.39, 0.29) is 28.2 Å². The molecule has 1 amide bonds. The van der Waals surface area contributed by atoms with Crippen molar-refractivity contribution in [1.29, 1.82) is 0 Å². The molecule has 0 aromatic carbocycles. The van der Waals surface area contributed by atoms with E-state index in [9.17, 15) is 31.1 Å². The molecule has 0 radical (unpaired) electrons. The van der Waals surface area contributed by atoms with Gasteiger partial charge in [-0.25, -0.2) is 4.98 Å². The van der Waals surface area contributed by atoms with Crippen LogP contribution in [0, 0.1) is 0 Å². The second kappa shape index (κ2) is 9.08. The number of rotatable bonds is 4. The molecule has 0 bridgehead atoms. The number of alkyl halides is 6. The van der Waals surface area contributed by atoms with E-state index in [1.807, 2.05) is 0 Å². The van der Waals surface area contributed by atoms with Crippen molar-refractivity contribution in [2.75, 3.05) is 31.6 Å². The zero-order valence-electron chi connectivity index (χ0n) is 17.4. The first-order chi connectivity index (χ1) is 16.0. The lowest BCUT2D eigenvalue weighted by molar-refractivity contribution is -0.142. The minimum absolute atomic E-state index is 0.0591. The van der Waals surface area contributed by atoms with Crippen molar-refractivity contribution in [2.24, 2.45) is 0 Å². The second-order valence-corrected chi connectivity index (χ2v) is 7.52. The fraction of sp³-hybridized carbons (Fsp3) is 0.400. The lowest BCUT2D eigenvalue weighted by Crippen LogP contribution is -2.33. The Kier molecular flexibility index (Phi) is 6.34. The van der Waals surface area contributed by atoms with Crippen LogP contribution in [0.5, 0.6) is 0 Å². The minimum atomic E-state index is -4.64. The number of hydrogen-bond acceptors (Lipinski definition) is 6. The number of fused-ring (bicyclic) bond motifs is 1. The standard InChI is InChI=1S/C20H18F6N6O2/c21-19(22,23)11-32-15-9-14(18(33)31-4-1-6-34-7-5-31)28-10-13(15)17(30-32)29-16-8-12(2-3-27-16)20(24,25)26/h2-3,8-10H,1,4-7,11H2,(H,27,29,30). The van der Waals surface area contributed by atoms with Gasteiger partial charge in [-0.3, -0.25) is 14.5 Å². The van der Waals surface area contributed by atoms with E-state index in [1.165, 1.54) is 11.0 Å². The molecule has 1 aliphatic heterocycles. The van der Waals surface area contributed by atoms with Crippen molar-refractivity contribution >= 4 is 28.4 Å². The van der Waals surface area contributed by atoms with Gasteiger partial charge in [0.2, 0.25) is 0 Å². The SMILES string of the molecule is O=C(c1cc2c(cn1)c(Nc1cc(C(F)(F)F)ccn1)nn2CC(F)(F)F)N1CCCOCC1. The maximum Gasteiger partial charge on any atom is 0.416 e. The number of ether oxygens (including phenoxy) is 1. The molecule has 8 nitrogen and oxygen atoms in total. The molecule has 0 atom stereocenters. The Labute approximate surface area is 188 Å². The molecule has 0 saturated carbocycles. The quantitative estimate of drug-likeness (QED) is 0.559. The van der Waals surface area contributed by atoms with Crippen LogP contribution in [-0.4, -0.2) is 63.0 Å². The van der Waals surface area contributed by atoms with Gasteiger partial charge in [0.15, 0.2) is 5.82 Å². The van der Waals surface area contributed by atoms with Gasteiger partial charge in [0.05, 0.1) is 23.1 Å². The fourth-order valence-corrected chi connectivity index (χ4v) is 3.48. The van der Waals surface area contributed by atoms with Crippen LogP contribution < -0.4 is 5.32 Å². The van der Waals surface area contributed by atoms with Crippen LogP contribution in [0.15, 0.2) is 30.6 Å². The van der Waals surface area contributed by atoms with Gasteiger partial charge in [-0.2, -0.15) is 31.4 Å². The summed E-state index contributed by atoms with van der Waals surface area (Å²) in [6.07, 6.45) is -6.59. The molecule has 3 aromatic heterocycles. The van der Waals surface area contributed by atoms with E-state index in [0.29, 0.717) is 43.5 Å². The molecular weight excluding hydrogens is 470 g/mol. The van der Waals surface area contributed by atoms with Gasteiger partial charge in [0, 0.05) is 32.1 Å². The lowest BCUT2D eigenvalue weighted by Gasteiger charge is -2.19. The number of pyridine rings is 2. The molecule has 14 heteroatoms. The highest BCUT2D eigenvalue weighted by molar-refractivity contribution is 5.98. The Morgan fingerprint density at radius 3 is 2.62 bits per heavy atom. The van der Waals surface area contributed by atoms with Gasteiger partial charge in [-0.05, 0) is 24.6 Å². The Balaban J connectivity index is 1.71. The highest BCUT2D eigenvalue weighted by Crippen LogP contribution is 2.32. The average Bonchev–Trinajstić information content (AvgIpc) is 2.93. The summed E-state index contributed by atoms with van der Waals surface area (Å²) in [6, 6.07) is 2.66. The number of nitrogens with one attached hydrogen (secondary N) is 1. The summed E-state index contributed by atoms with van der Waals surface area (Å²) < 4.78 is 84.4. The summed E-state index contributed by atoms with van der Waals surface area (Å²) in [6.45, 7) is 0.0738. The Hall–Kier alpha value is -3.42. The lowest BCUT2D eigenvalue weighted by atomic mass is 10.2. The van der Waals surface area contributed by atoms with Crippen LogP contribution in [-0.2, 0) is 17.5 Å². The van der Waals surface area contributed by atoms with Crippen molar-refractivity contribution in [1.82, 2.24) is 24.6 Å². The highest BCUT2D eigenvalue weighted by Gasteiger charge is 2.32. The van der Waals surface area contributed by atoms with Crippen LogP contribution >= 0.6 is 0 Å². The van der Waals surface area contributed by atoms with Crippen LogP contribution in [0.4, 0.5) is 38.0 Å². The number of hydrogen-bond donors (Lipinski definition) is 1. The molecule has 0 spiro atoms. The topological polar surface area (TPSA) is 85.2 Å². The summed E-state index contributed by atoms with van der Waals surface area (Å²) in [5.41, 5.74) is -1.13. The number of nitrogens with zero attached hydrogens (tertiary/aromatic N) is 5. The molecule has 1 N–H and O–H groups in total. The number of aromatic nitrogens is 4. The smallest absolute Gasteiger partial charge is 0.380 e. The predicted molar refractivity (Wildman–Crippen MR) is 107 cm³/mol. The van der Waals surface area contributed by atoms with Crippen LogP contribution in [0.2, 0.25) is 0 Å². The van der Waals surface area contributed by atoms with E-state index >= 15 is 0 Å². The molecule has 182 valence electrons. The predicted octanol–water partition coefficient (Wildman–Crippen LogP) is 4.01. The van der Waals surface area contributed by atoms with Gasteiger partial charge >= 0.3 is 12.4 Å². The first-order valence-corrected chi connectivity index (χ1v) is 10.1. The van der Waals surface area contributed by atoms with Crippen molar-refractivity contribution in [3.63, 3.8) is 0 Å². The van der Waals surface area contributed by atoms with Gasteiger partial charge in [-0.1, -0.05) is 0 Å². The molecule has 0 aliphatic carbocycles. The maximum atomic E-state index is 13.2. The third kappa shape index (κ3) is 5.38. The van der Waals surface area contributed by atoms with Gasteiger partial charge in [0.1, 0.15) is 18.1 Å². The number of halogens is 6. The molecule has 1 saturated heterocycles. The third-order valence-corrected chi connectivity index (χ3v) is 5.03. The van der Waals surface area contributed by atoms with Crippen LogP contribution in [0.1, 0.15) is 22.5 Å². The van der Waals surface area contributed by atoms with E-state index in [0.717, 1.165) is 18.5 Å². The van der Waals surface area contributed by atoms with Crippen molar-refractivity contribution in [2.45, 2.75) is 25.3 Å². The van der Waals surface area contributed by atoms with E-state index in [4.69, 9.17) is 4.74 Å². The Bertz CT molecular complexity index is 1180. The minimum Gasteiger partial charge on any atom is -0.380 e. The first kappa shape index (κ1) is 23.7. The number of carbonyl (C=O) groups is 1. The van der Waals surface area contributed by atoms with Crippen molar-refractivity contribution < 1.29 is 35.9 Å². The van der Waals surface area contributed by atoms with Crippen LogP contribution in [0.3, 0.4) is 0 Å². The first-order valence-electron chi connectivity index (χ1n) is 10.1. The van der Waals surface area contributed by atoms with Crippen LogP contribution in [0.25, 0.3) is 10.9 Å². The van der Waals surface area contributed by atoms with Gasteiger partial charge < -0.3 is 15.0 Å². The summed E-state index contributed by atoms with van der Waals surface area (Å²) >= 11 is 0. The molecule has 1 aliphatic rings. The molecule has 0 unspecified atom stereocenters. The van der Waals surface area contributed by atoms with E-state index in [2.05, 4.69) is 20.4 Å². The zero-order chi connectivity index (χ0) is 24.5. The number of amides is 1. The fourth-order valence-electron chi connectivity index (χ4n) is 3.48. The average molecular weight is 488 g/mol. The summed E-state index contributed by atoms with van der Waals surface area (Å²) in [4.78, 5) is 22.2. The maximum absolute atomic E-state index is 13.2. The van der Waals surface area contributed by atoms with E-state index in [1.54, 1.807) is 0 Å². The Morgan fingerprint density at radius 2 is 1.88 bits per heavy atom. The zero-order valence-corrected chi connectivity index (χ0v) is 17.4. The number of carbonyl (C=O) groups excluding carboxylic acids is 1.